The molecule has 0 bridgehead atoms. The summed E-state index contributed by atoms with van der Waals surface area (Å²) in [4.78, 5) is 12.3. The summed E-state index contributed by atoms with van der Waals surface area (Å²) >= 11 is 0. The Morgan fingerprint density at radius 3 is 2.41 bits per heavy atom. The van der Waals surface area contributed by atoms with Gasteiger partial charge in [-0.05, 0) is 67.3 Å². The number of fused-ring (bicyclic) bond motifs is 1. The van der Waals surface area contributed by atoms with Crippen LogP contribution in [0.2, 0.25) is 0 Å². The van der Waals surface area contributed by atoms with E-state index in [9.17, 15) is 13.2 Å². The second kappa shape index (κ2) is 9.28. The van der Waals surface area contributed by atoms with Gasteiger partial charge < -0.3 is 15.4 Å². The molecule has 0 aliphatic carbocycles. The van der Waals surface area contributed by atoms with Crippen molar-refractivity contribution < 1.29 is 17.9 Å². The lowest BCUT2D eigenvalue weighted by molar-refractivity contribution is 0.262. The van der Waals surface area contributed by atoms with Crippen LogP contribution in [0.4, 0.5) is 16.2 Å². The molecule has 7 nitrogen and oxygen atoms in total. The number of rotatable bonds is 7. The maximum Gasteiger partial charge on any atom is 0.323 e. The van der Waals surface area contributed by atoms with Gasteiger partial charge in [-0.2, -0.15) is 4.31 Å². The SMILES string of the molecule is CCCS(=O)(=O)N1CCc2ccc(NC(=O)Nc3ccc(OCC)cc3)cc2C1. The van der Waals surface area contributed by atoms with Crippen LogP contribution in [0, 0.1) is 0 Å². The average molecular weight is 418 g/mol. The van der Waals surface area contributed by atoms with Gasteiger partial charge in [0, 0.05) is 24.5 Å². The Morgan fingerprint density at radius 1 is 1.03 bits per heavy atom. The quantitative estimate of drug-likeness (QED) is 0.717. The van der Waals surface area contributed by atoms with Gasteiger partial charge in [-0.15, -0.1) is 0 Å². The van der Waals surface area contributed by atoms with E-state index in [4.69, 9.17) is 4.74 Å². The van der Waals surface area contributed by atoms with Crippen molar-refractivity contribution in [1.82, 2.24) is 4.31 Å². The predicted molar refractivity (Wildman–Crippen MR) is 115 cm³/mol. The second-order valence-electron chi connectivity index (χ2n) is 6.92. The molecule has 156 valence electrons. The Balaban J connectivity index is 1.64. The van der Waals surface area contributed by atoms with E-state index in [0.717, 1.165) is 16.9 Å². The third kappa shape index (κ3) is 5.48. The number of nitrogens with one attached hydrogen (secondary N) is 2. The maximum atomic E-state index is 12.4. The van der Waals surface area contributed by atoms with Crippen LogP contribution in [-0.2, 0) is 23.0 Å². The van der Waals surface area contributed by atoms with E-state index in [0.29, 0.717) is 43.9 Å². The van der Waals surface area contributed by atoms with Crippen LogP contribution in [0.15, 0.2) is 42.5 Å². The summed E-state index contributed by atoms with van der Waals surface area (Å²) in [5.41, 5.74) is 3.32. The summed E-state index contributed by atoms with van der Waals surface area (Å²) in [6.45, 7) is 5.20. The third-order valence-corrected chi connectivity index (χ3v) is 6.74. The Bertz CT molecular complexity index is 958. The lowest BCUT2D eigenvalue weighted by Gasteiger charge is -2.28. The standard InChI is InChI=1S/C21H27N3O4S/c1-3-13-29(26,27)24-12-11-16-5-6-19(14-17(16)15-24)23-21(25)22-18-7-9-20(10-8-18)28-4-2/h5-10,14H,3-4,11-13,15H2,1-2H3,(H2,22,23,25). The second-order valence-corrected chi connectivity index (χ2v) is 9.01. The lowest BCUT2D eigenvalue weighted by atomic mass is 10.0. The van der Waals surface area contributed by atoms with Crippen molar-refractivity contribution in [3.8, 4) is 5.75 Å². The first-order valence-electron chi connectivity index (χ1n) is 9.81. The van der Waals surface area contributed by atoms with Gasteiger partial charge >= 0.3 is 6.03 Å². The van der Waals surface area contributed by atoms with Gasteiger partial charge in [-0.3, -0.25) is 0 Å². The van der Waals surface area contributed by atoms with Crippen LogP contribution in [0.3, 0.4) is 0 Å². The Kier molecular flexibility index (Phi) is 6.76. The molecule has 1 aliphatic heterocycles. The van der Waals surface area contributed by atoms with Gasteiger partial charge in [-0.1, -0.05) is 13.0 Å². The smallest absolute Gasteiger partial charge is 0.323 e. The van der Waals surface area contributed by atoms with E-state index >= 15 is 0 Å². The summed E-state index contributed by atoms with van der Waals surface area (Å²) < 4.78 is 31.6. The molecule has 3 rings (SSSR count). The van der Waals surface area contributed by atoms with Gasteiger partial charge in [0.05, 0.1) is 12.4 Å². The fraction of sp³-hybridized carbons (Fsp3) is 0.381. The minimum absolute atomic E-state index is 0.158. The molecule has 29 heavy (non-hydrogen) atoms. The molecule has 8 heteroatoms. The molecular weight excluding hydrogens is 390 g/mol. The van der Waals surface area contributed by atoms with Crippen LogP contribution in [0.1, 0.15) is 31.4 Å². The fourth-order valence-corrected chi connectivity index (χ4v) is 4.81. The minimum Gasteiger partial charge on any atom is -0.494 e. The fourth-order valence-electron chi connectivity index (χ4n) is 3.33. The number of hydrogen-bond acceptors (Lipinski definition) is 4. The summed E-state index contributed by atoms with van der Waals surface area (Å²) in [5, 5.41) is 5.59. The Hall–Kier alpha value is -2.58. The molecule has 1 aliphatic rings. The molecule has 0 spiro atoms. The topological polar surface area (TPSA) is 87.7 Å². The van der Waals surface area contributed by atoms with Crippen LogP contribution in [0.5, 0.6) is 5.75 Å². The number of sulfonamides is 1. The average Bonchev–Trinajstić information content (AvgIpc) is 2.69. The van der Waals surface area contributed by atoms with Crippen molar-refractivity contribution in [2.45, 2.75) is 33.2 Å². The molecule has 2 N–H and O–H groups in total. The monoisotopic (exact) mass is 417 g/mol. The molecule has 0 saturated heterocycles. The number of urea groups is 1. The first-order chi connectivity index (χ1) is 13.9. The Labute approximate surface area is 172 Å². The highest BCUT2D eigenvalue weighted by molar-refractivity contribution is 7.89. The molecule has 0 saturated carbocycles. The number of ether oxygens (including phenoxy) is 1. The molecule has 1 heterocycles. The highest BCUT2D eigenvalue weighted by Crippen LogP contribution is 2.25. The third-order valence-electron chi connectivity index (χ3n) is 4.72. The van der Waals surface area contributed by atoms with E-state index < -0.39 is 10.0 Å². The van der Waals surface area contributed by atoms with Crippen LogP contribution in [-0.4, -0.2) is 37.7 Å². The van der Waals surface area contributed by atoms with E-state index in [1.807, 2.05) is 32.0 Å². The number of amides is 2. The van der Waals surface area contributed by atoms with E-state index in [2.05, 4.69) is 10.6 Å². The number of carbonyl (C=O) groups is 1. The molecule has 0 radical (unpaired) electrons. The van der Waals surface area contributed by atoms with Crippen molar-refractivity contribution in [3.05, 3.63) is 53.6 Å². The van der Waals surface area contributed by atoms with Crippen LogP contribution < -0.4 is 15.4 Å². The Morgan fingerprint density at radius 2 is 1.72 bits per heavy atom. The largest absolute Gasteiger partial charge is 0.494 e. The number of carbonyl (C=O) groups excluding carboxylic acids is 1. The molecule has 0 atom stereocenters. The number of benzene rings is 2. The highest BCUT2D eigenvalue weighted by atomic mass is 32.2. The zero-order valence-electron chi connectivity index (χ0n) is 16.8. The normalized spacial score (nSPS) is 14.1. The number of anilines is 2. The zero-order chi connectivity index (χ0) is 20.9. The minimum atomic E-state index is -3.24. The lowest BCUT2D eigenvalue weighted by Crippen LogP contribution is -2.37. The molecule has 0 unspecified atom stereocenters. The summed E-state index contributed by atoms with van der Waals surface area (Å²) in [6, 6.07) is 12.4. The number of hydrogen-bond donors (Lipinski definition) is 2. The van der Waals surface area contributed by atoms with Gasteiger partial charge in [0.1, 0.15) is 5.75 Å². The van der Waals surface area contributed by atoms with E-state index in [1.54, 1.807) is 24.3 Å². The van der Waals surface area contributed by atoms with Gasteiger partial charge in [-0.25, -0.2) is 13.2 Å². The molecule has 2 aromatic carbocycles. The summed E-state index contributed by atoms with van der Waals surface area (Å²) in [5.74, 6) is 0.904. The summed E-state index contributed by atoms with van der Waals surface area (Å²) in [7, 11) is -3.24. The van der Waals surface area contributed by atoms with Gasteiger partial charge in [0.15, 0.2) is 0 Å². The van der Waals surface area contributed by atoms with E-state index in [-0.39, 0.29) is 11.8 Å². The first-order valence-corrected chi connectivity index (χ1v) is 11.4. The molecule has 0 fully saturated rings. The molecule has 0 aromatic heterocycles. The van der Waals surface area contributed by atoms with Crippen molar-refractivity contribution in [2.24, 2.45) is 0 Å². The van der Waals surface area contributed by atoms with Crippen molar-refractivity contribution in [3.63, 3.8) is 0 Å². The molecular formula is C21H27N3O4S. The molecule has 2 aromatic rings. The van der Waals surface area contributed by atoms with E-state index in [1.165, 1.54) is 4.31 Å². The van der Waals surface area contributed by atoms with Crippen molar-refractivity contribution in [2.75, 3.05) is 29.5 Å². The predicted octanol–water partition coefficient (Wildman–Crippen LogP) is 3.83. The molecule has 2 amide bonds. The first kappa shape index (κ1) is 21.1. The van der Waals surface area contributed by atoms with Crippen molar-refractivity contribution >= 4 is 27.4 Å². The highest BCUT2D eigenvalue weighted by Gasteiger charge is 2.26. The van der Waals surface area contributed by atoms with Gasteiger partial charge in [0.2, 0.25) is 10.0 Å². The van der Waals surface area contributed by atoms with Crippen molar-refractivity contribution in [1.29, 1.82) is 0 Å². The van der Waals surface area contributed by atoms with Crippen LogP contribution >= 0.6 is 0 Å². The van der Waals surface area contributed by atoms with Gasteiger partial charge in [0.25, 0.3) is 0 Å². The zero-order valence-corrected chi connectivity index (χ0v) is 17.6. The maximum absolute atomic E-state index is 12.4. The summed E-state index contributed by atoms with van der Waals surface area (Å²) in [6.07, 6.45) is 1.27. The van der Waals surface area contributed by atoms with Crippen LogP contribution in [0.25, 0.3) is 0 Å². The number of nitrogens with zero attached hydrogens (tertiary/aromatic N) is 1.